The van der Waals surface area contributed by atoms with E-state index >= 15 is 0 Å². The average molecular weight is 362 g/mol. The zero-order valence-corrected chi connectivity index (χ0v) is 14.0. The molecule has 2 N–H and O–H groups in total. The Labute approximate surface area is 135 Å². The van der Waals surface area contributed by atoms with Crippen molar-refractivity contribution in [3.63, 3.8) is 0 Å². The van der Waals surface area contributed by atoms with Crippen LogP contribution in [0.4, 0.5) is 5.82 Å². The van der Waals surface area contributed by atoms with Crippen LogP contribution in [0.5, 0.6) is 0 Å². The number of nitrogen functional groups attached to an aromatic ring is 1. The van der Waals surface area contributed by atoms with E-state index in [1.807, 2.05) is 10.7 Å². The maximum Gasteiger partial charge on any atom is 0.154 e. The first kappa shape index (κ1) is 13.8. The first-order valence-electron chi connectivity index (χ1n) is 7.36. The standard InChI is InChI=1S/C15H16BrN5O/c1-7(2)21-9-5-6-18-15(17)10(9)12(19-21)13-11(16)14(22-20-13)8-3-4-8/h5-8H,3-4H2,1-2H3,(H2,17,18). The minimum Gasteiger partial charge on any atom is -0.383 e. The van der Waals surface area contributed by atoms with Gasteiger partial charge in [0.1, 0.15) is 17.2 Å². The summed E-state index contributed by atoms with van der Waals surface area (Å²) in [7, 11) is 0. The highest BCUT2D eigenvalue weighted by molar-refractivity contribution is 9.10. The Kier molecular flexibility index (Phi) is 3.00. The molecule has 0 atom stereocenters. The lowest BCUT2D eigenvalue weighted by Gasteiger charge is -2.06. The van der Waals surface area contributed by atoms with Crippen LogP contribution in [0.25, 0.3) is 22.3 Å². The van der Waals surface area contributed by atoms with Gasteiger partial charge in [0.2, 0.25) is 0 Å². The molecule has 3 aromatic rings. The lowest BCUT2D eigenvalue weighted by atomic mass is 10.1. The third kappa shape index (κ3) is 1.95. The van der Waals surface area contributed by atoms with Crippen LogP contribution in [0.3, 0.4) is 0 Å². The van der Waals surface area contributed by atoms with E-state index in [0.717, 1.165) is 39.7 Å². The van der Waals surface area contributed by atoms with Crippen molar-refractivity contribution in [3.8, 4) is 11.4 Å². The van der Waals surface area contributed by atoms with Gasteiger partial charge in [-0.3, -0.25) is 4.68 Å². The third-order valence-electron chi connectivity index (χ3n) is 3.97. The molecule has 6 nitrogen and oxygen atoms in total. The van der Waals surface area contributed by atoms with Gasteiger partial charge in [0.25, 0.3) is 0 Å². The number of anilines is 1. The number of hydrogen-bond donors (Lipinski definition) is 1. The van der Waals surface area contributed by atoms with Crippen LogP contribution in [-0.4, -0.2) is 19.9 Å². The predicted molar refractivity (Wildman–Crippen MR) is 87.5 cm³/mol. The van der Waals surface area contributed by atoms with Gasteiger partial charge in [-0.2, -0.15) is 5.10 Å². The number of rotatable bonds is 3. The largest absolute Gasteiger partial charge is 0.383 e. The lowest BCUT2D eigenvalue weighted by Crippen LogP contribution is -2.02. The summed E-state index contributed by atoms with van der Waals surface area (Å²) in [5.74, 6) is 1.84. The molecule has 7 heteroatoms. The fraction of sp³-hybridized carbons (Fsp3) is 0.400. The average Bonchev–Trinajstić information content (AvgIpc) is 3.13. The van der Waals surface area contributed by atoms with E-state index in [4.69, 9.17) is 15.4 Å². The van der Waals surface area contributed by atoms with Crippen LogP contribution in [-0.2, 0) is 0 Å². The van der Waals surface area contributed by atoms with Gasteiger partial charge in [0.15, 0.2) is 5.76 Å². The summed E-state index contributed by atoms with van der Waals surface area (Å²) < 4.78 is 8.35. The minimum absolute atomic E-state index is 0.214. The number of fused-ring (bicyclic) bond motifs is 1. The second kappa shape index (κ2) is 4.81. The van der Waals surface area contributed by atoms with E-state index in [0.29, 0.717) is 17.4 Å². The number of halogens is 1. The quantitative estimate of drug-likeness (QED) is 0.764. The van der Waals surface area contributed by atoms with E-state index in [9.17, 15) is 0 Å². The smallest absolute Gasteiger partial charge is 0.154 e. The first-order valence-corrected chi connectivity index (χ1v) is 8.15. The topological polar surface area (TPSA) is 82.8 Å². The van der Waals surface area contributed by atoms with Crippen LogP contribution in [0.15, 0.2) is 21.3 Å². The second-order valence-electron chi connectivity index (χ2n) is 5.96. The van der Waals surface area contributed by atoms with E-state index < -0.39 is 0 Å². The Hall–Kier alpha value is -1.89. The summed E-state index contributed by atoms with van der Waals surface area (Å²) in [6.45, 7) is 4.17. The van der Waals surface area contributed by atoms with Gasteiger partial charge in [-0.25, -0.2) is 4.98 Å². The molecular weight excluding hydrogens is 346 g/mol. The summed E-state index contributed by atoms with van der Waals surface area (Å²) in [6, 6.07) is 2.14. The molecule has 3 heterocycles. The highest BCUT2D eigenvalue weighted by Crippen LogP contribution is 2.46. The van der Waals surface area contributed by atoms with Gasteiger partial charge in [-0.1, -0.05) is 5.16 Å². The minimum atomic E-state index is 0.214. The molecule has 1 fully saturated rings. The SMILES string of the molecule is CC(C)n1nc(-c2noc(C3CC3)c2Br)c2c(N)nccc21. The summed E-state index contributed by atoms with van der Waals surface area (Å²) in [6.07, 6.45) is 4.01. The molecule has 1 saturated carbocycles. The van der Waals surface area contributed by atoms with Crippen molar-refractivity contribution in [2.24, 2.45) is 0 Å². The van der Waals surface area contributed by atoms with Gasteiger partial charge in [-0.15, -0.1) is 0 Å². The summed E-state index contributed by atoms with van der Waals surface area (Å²) in [5, 5.41) is 9.77. The van der Waals surface area contributed by atoms with Crippen molar-refractivity contribution in [2.75, 3.05) is 5.73 Å². The van der Waals surface area contributed by atoms with Crippen molar-refractivity contribution in [3.05, 3.63) is 22.5 Å². The second-order valence-corrected chi connectivity index (χ2v) is 6.75. The van der Waals surface area contributed by atoms with E-state index in [-0.39, 0.29) is 6.04 Å². The molecule has 0 amide bonds. The monoisotopic (exact) mass is 361 g/mol. The van der Waals surface area contributed by atoms with Gasteiger partial charge < -0.3 is 10.3 Å². The number of nitrogens with zero attached hydrogens (tertiary/aromatic N) is 4. The first-order chi connectivity index (χ1) is 10.6. The Morgan fingerprint density at radius 1 is 1.36 bits per heavy atom. The third-order valence-corrected chi connectivity index (χ3v) is 4.74. The fourth-order valence-electron chi connectivity index (χ4n) is 2.71. The van der Waals surface area contributed by atoms with Gasteiger partial charge >= 0.3 is 0 Å². The van der Waals surface area contributed by atoms with Crippen molar-refractivity contribution in [1.82, 2.24) is 19.9 Å². The normalized spacial score (nSPS) is 15.1. The molecule has 0 unspecified atom stereocenters. The predicted octanol–water partition coefficient (Wildman–Crippen LogP) is 3.89. The number of pyridine rings is 1. The van der Waals surface area contributed by atoms with Crippen LogP contribution >= 0.6 is 15.9 Å². The molecule has 1 aliphatic carbocycles. The number of hydrogen-bond acceptors (Lipinski definition) is 5. The Balaban J connectivity index is 1.98. The number of aromatic nitrogens is 4. The zero-order valence-electron chi connectivity index (χ0n) is 12.4. The summed E-state index contributed by atoms with van der Waals surface area (Å²) >= 11 is 3.62. The highest BCUT2D eigenvalue weighted by Gasteiger charge is 2.33. The lowest BCUT2D eigenvalue weighted by molar-refractivity contribution is 0.385. The van der Waals surface area contributed by atoms with E-state index in [2.05, 4.69) is 39.9 Å². The van der Waals surface area contributed by atoms with Crippen molar-refractivity contribution in [2.45, 2.75) is 38.6 Å². The van der Waals surface area contributed by atoms with Crippen LogP contribution < -0.4 is 5.73 Å². The Morgan fingerprint density at radius 2 is 2.14 bits per heavy atom. The zero-order chi connectivity index (χ0) is 15.4. The molecular formula is C15H16BrN5O. The van der Waals surface area contributed by atoms with Crippen LogP contribution in [0.2, 0.25) is 0 Å². The van der Waals surface area contributed by atoms with Gasteiger partial charge in [0.05, 0.1) is 15.4 Å². The van der Waals surface area contributed by atoms with Crippen LogP contribution in [0, 0.1) is 0 Å². The van der Waals surface area contributed by atoms with E-state index in [1.165, 1.54) is 0 Å². The molecule has 4 rings (SSSR count). The molecule has 0 radical (unpaired) electrons. The Morgan fingerprint density at radius 3 is 2.82 bits per heavy atom. The summed E-state index contributed by atoms with van der Waals surface area (Å²) in [5.41, 5.74) is 8.48. The maximum absolute atomic E-state index is 6.10. The molecule has 1 aliphatic rings. The number of nitrogens with two attached hydrogens (primary N) is 1. The molecule has 0 aromatic carbocycles. The highest BCUT2D eigenvalue weighted by atomic mass is 79.9. The van der Waals surface area contributed by atoms with Crippen molar-refractivity contribution < 1.29 is 4.52 Å². The molecule has 0 saturated heterocycles. The van der Waals surface area contributed by atoms with Crippen LogP contribution in [0.1, 0.15) is 44.4 Å². The fourth-order valence-corrected chi connectivity index (χ4v) is 3.37. The molecule has 0 bridgehead atoms. The molecule has 22 heavy (non-hydrogen) atoms. The molecule has 0 spiro atoms. The van der Waals surface area contributed by atoms with Gasteiger partial charge in [-0.05, 0) is 48.7 Å². The molecule has 0 aliphatic heterocycles. The van der Waals surface area contributed by atoms with Crippen molar-refractivity contribution in [1.29, 1.82) is 0 Å². The molecule has 114 valence electrons. The maximum atomic E-state index is 6.10. The Bertz CT molecular complexity index is 862. The summed E-state index contributed by atoms with van der Waals surface area (Å²) in [4.78, 5) is 4.20. The van der Waals surface area contributed by atoms with Gasteiger partial charge in [0, 0.05) is 18.2 Å². The molecule has 3 aromatic heterocycles. The van der Waals surface area contributed by atoms with Crippen molar-refractivity contribution >= 4 is 32.7 Å². The van der Waals surface area contributed by atoms with E-state index in [1.54, 1.807) is 6.20 Å².